The normalized spacial score (nSPS) is 19.1. The van der Waals surface area contributed by atoms with E-state index in [0.717, 1.165) is 19.5 Å². The Bertz CT molecular complexity index is 486. The summed E-state index contributed by atoms with van der Waals surface area (Å²) in [5.41, 5.74) is 0.532. The number of aliphatic carboxylic acids is 1. The van der Waals surface area contributed by atoms with Gasteiger partial charge >= 0.3 is 5.97 Å². The molecule has 1 unspecified atom stereocenters. The smallest absolute Gasteiger partial charge is 0.317 e. The summed E-state index contributed by atoms with van der Waals surface area (Å²) in [6.07, 6.45) is 0.867. The second kappa shape index (κ2) is 6.78. The molecule has 1 aliphatic heterocycles. The van der Waals surface area contributed by atoms with Crippen LogP contribution in [-0.4, -0.2) is 63.8 Å². The number of phenolic OH excluding ortho intramolecular Hbond substituents is 2. The number of hydrogen-bond acceptors (Lipinski definition) is 5. The second-order valence-electron chi connectivity index (χ2n) is 5.45. The zero-order valence-electron chi connectivity index (χ0n) is 12.2. The van der Waals surface area contributed by atoms with Gasteiger partial charge in [-0.15, -0.1) is 0 Å². The number of phenols is 2. The Morgan fingerprint density at radius 1 is 1.19 bits per heavy atom. The fraction of sp³-hybridized carbons (Fsp3) is 0.533. The highest BCUT2D eigenvalue weighted by Gasteiger charge is 2.24. The van der Waals surface area contributed by atoms with Gasteiger partial charge < -0.3 is 15.3 Å². The van der Waals surface area contributed by atoms with Crippen LogP contribution in [-0.2, 0) is 4.79 Å². The summed E-state index contributed by atoms with van der Waals surface area (Å²) in [7, 11) is 0. The minimum absolute atomic E-state index is 0.0596. The first-order chi connectivity index (χ1) is 9.99. The van der Waals surface area contributed by atoms with Gasteiger partial charge in [0.15, 0.2) is 0 Å². The van der Waals surface area contributed by atoms with Crippen LogP contribution in [0, 0.1) is 0 Å². The van der Waals surface area contributed by atoms with E-state index in [9.17, 15) is 15.0 Å². The minimum Gasteiger partial charge on any atom is -0.507 e. The highest BCUT2D eigenvalue weighted by Crippen LogP contribution is 2.35. The van der Waals surface area contributed by atoms with Crippen LogP contribution in [0.15, 0.2) is 18.2 Å². The number of hydrogen-bond donors (Lipinski definition) is 3. The third-order valence-corrected chi connectivity index (χ3v) is 4.01. The van der Waals surface area contributed by atoms with Crippen molar-refractivity contribution in [3.8, 4) is 11.5 Å². The van der Waals surface area contributed by atoms with Gasteiger partial charge in [0.05, 0.1) is 12.1 Å². The first kappa shape index (κ1) is 15.6. The van der Waals surface area contributed by atoms with Crippen LogP contribution in [0.25, 0.3) is 0 Å². The van der Waals surface area contributed by atoms with Crippen LogP contribution in [0.1, 0.15) is 24.9 Å². The summed E-state index contributed by atoms with van der Waals surface area (Å²) in [4.78, 5) is 14.9. The molecule has 1 aromatic carbocycles. The number of rotatable bonds is 4. The van der Waals surface area contributed by atoms with Gasteiger partial charge in [-0.1, -0.05) is 6.07 Å². The zero-order valence-corrected chi connectivity index (χ0v) is 12.2. The quantitative estimate of drug-likeness (QED) is 0.775. The Morgan fingerprint density at radius 2 is 1.86 bits per heavy atom. The molecule has 0 bridgehead atoms. The van der Waals surface area contributed by atoms with Crippen molar-refractivity contribution in [1.82, 2.24) is 9.80 Å². The number of benzene rings is 1. The molecule has 1 aliphatic rings. The van der Waals surface area contributed by atoms with E-state index in [2.05, 4.69) is 4.90 Å². The predicted molar refractivity (Wildman–Crippen MR) is 78.5 cm³/mol. The van der Waals surface area contributed by atoms with Crippen molar-refractivity contribution >= 4 is 5.97 Å². The second-order valence-corrected chi connectivity index (χ2v) is 5.45. The summed E-state index contributed by atoms with van der Waals surface area (Å²) in [6, 6.07) is 4.63. The third-order valence-electron chi connectivity index (χ3n) is 4.01. The lowest BCUT2D eigenvalue weighted by molar-refractivity contribution is -0.138. The van der Waals surface area contributed by atoms with E-state index in [1.165, 1.54) is 0 Å². The van der Waals surface area contributed by atoms with Crippen LogP contribution in [0.5, 0.6) is 11.5 Å². The Labute approximate surface area is 124 Å². The molecule has 2 rings (SSSR count). The molecule has 0 aromatic heterocycles. The average molecular weight is 294 g/mol. The first-order valence-corrected chi connectivity index (χ1v) is 7.18. The van der Waals surface area contributed by atoms with Crippen LogP contribution in [0.2, 0.25) is 0 Å². The standard InChI is InChI=1S/C15H22N2O4/c1-11(15-12(18)4-2-5-13(15)19)17-7-3-6-16(8-9-17)10-14(20)21/h2,4-5,11,18-19H,3,6-10H2,1H3,(H,20,21). The van der Waals surface area contributed by atoms with Crippen LogP contribution in [0.3, 0.4) is 0 Å². The number of aromatic hydroxyl groups is 2. The number of carboxylic acid groups (broad SMARTS) is 1. The first-order valence-electron chi connectivity index (χ1n) is 7.18. The molecule has 0 spiro atoms. The van der Waals surface area contributed by atoms with Crippen molar-refractivity contribution in [3.63, 3.8) is 0 Å². The number of nitrogens with zero attached hydrogens (tertiary/aromatic N) is 2. The molecule has 1 aromatic rings. The molecule has 0 radical (unpaired) electrons. The lowest BCUT2D eigenvalue weighted by Gasteiger charge is -2.28. The van der Waals surface area contributed by atoms with Crippen LogP contribution >= 0.6 is 0 Å². The van der Waals surface area contributed by atoms with E-state index in [0.29, 0.717) is 18.7 Å². The largest absolute Gasteiger partial charge is 0.507 e. The summed E-state index contributed by atoms with van der Waals surface area (Å²) in [5, 5.41) is 28.8. The zero-order chi connectivity index (χ0) is 15.4. The summed E-state index contributed by atoms with van der Waals surface area (Å²) >= 11 is 0. The number of carboxylic acids is 1. The maximum Gasteiger partial charge on any atom is 0.317 e. The molecular formula is C15H22N2O4. The van der Waals surface area contributed by atoms with Crippen molar-refractivity contribution in [2.45, 2.75) is 19.4 Å². The molecule has 116 valence electrons. The lowest BCUT2D eigenvalue weighted by Crippen LogP contribution is -2.35. The predicted octanol–water partition coefficient (Wildman–Crippen LogP) is 1.25. The van der Waals surface area contributed by atoms with Crippen LogP contribution < -0.4 is 0 Å². The Hall–Kier alpha value is -1.79. The molecule has 0 saturated carbocycles. The van der Waals surface area contributed by atoms with E-state index in [-0.39, 0.29) is 24.1 Å². The minimum atomic E-state index is -0.810. The van der Waals surface area contributed by atoms with E-state index < -0.39 is 5.97 Å². The van der Waals surface area contributed by atoms with Gasteiger partial charge in [-0.2, -0.15) is 0 Å². The maximum atomic E-state index is 10.8. The highest BCUT2D eigenvalue weighted by molar-refractivity contribution is 5.69. The van der Waals surface area contributed by atoms with Crippen molar-refractivity contribution in [2.75, 3.05) is 32.7 Å². The SMILES string of the molecule is CC(c1c(O)cccc1O)N1CCCN(CC(=O)O)CC1. The van der Waals surface area contributed by atoms with Crippen molar-refractivity contribution < 1.29 is 20.1 Å². The Balaban J connectivity index is 2.06. The average Bonchev–Trinajstić information content (AvgIpc) is 2.63. The molecule has 0 aliphatic carbocycles. The number of carbonyl (C=O) groups is 1. The molecule has 21 heavy (non-hydrogen) atoms. The third kappa shape index (κ3) is 3.86. The molecule has 3 N–H and O–H groups in total. The molecule has 6 nitrogen and oxygen atoms in total. The summed E-state index contributed by atoms with van der Waals surface area (Å²) in [6.45, 7) is 4.95. The van der Waals surface area contributed by atoms with E-state index in [1.54, 1.807) is 18.2 Å². The van der Waals surface area contributed by atoms with Gasteiger partial charge in [-0.3, -0.25) is 14.6 Å². The van der Waals surface area contributed by atoms with Gasteiger partial charge in [0.1, 0.15) is 11.5 Å². The van der Waals surface area contributed by atoms with Gasteiger partial charge in [0.25, 0.3) is 0 Å². The maximum absolute atomic E-state index is 10.8. The van der Waals surface area contributed by atoms with E-state index in [1.807, 2.05) is 11.8 Å². The van der Waals surface area contributed by atoms with Crippen molar-refractivity contribution in [3.05, 3.63) is 23.8 Å². The van der Waals surface area contributed by atoms with E-state index in [4.69, 9.17) is 5.11 Å². The molecule has 1 fully saturated rings. The molecular weight excluding hydrogens is 272 g/mol. The van der Waals surface area contributed by atoms with Crippen LogP contribution in [0.4, 0.5) is 0 Å². The van der Waals surface area contributed by atoms with Gasteiger partial charge in [0, 0.05) is 32.2 Å². The van der Waals surface area contributed by atoms with Gasteiger partial charge in [-0.25, -0.2) is 0 Å². The highest BCUT2D eigenvalue weighted by atomic mass is 16.4. The lowest BCUT2D eigenvalue weighted by atomic mass is 10.0. The van der Waals surface area contributed by atoms with Gasteiger partial charge in [-0.05, 0) is 25.5 Å². The molecule has 1 atom stereocenters. The van der Waals surface area contributed by atoms with E-state index >= 15 is 0 Å². The van der Waals surface area contributed by atoms with Crippen molar-refractivity contribution in [1.29, 1.82) is 0 Å². The molecule has 6 heteroatoms. The summed E-state index contributed by atoms with van der Waals surface area (Å²) in [5.74, 6) is -0.627. The molecule has 1 heterocycles. The fourth-order valence-electron chi connectivity index (χ4n) is 2.88. The topological polar surface area (TPSA) is 84.2 Å². The monoisotopic (exact) mass is 294 g/mol. The van der Waals surface area contributed by atoms with Gasteiger partial charge in [0.2, 0.25) is 0 Å². The summed E-state index contributed by atoms with van der Waals surface area (Å²) < 4.78 is 0. The molecule has 0 amide bonds. The van der Waals surface area contributed by atoms with Crippen molar-refractivity contribution in [2.24, 2.45) is 0 Å². The Morgan fingerprint density at radius 3 is 2.48 bits per heavy atom. The Kier molecular flexibility index (Phi) is 5.03. The molecule has 1 saturated heterocycles. The fourth-order valence-corrected chi connectivity index (χ4v) is 2.88.